The molecule has 112 valence electrons. The van der Waals surface area contributed by atoms with E-state index in [4.69, 9.17) is 0 Å². The number of likely N-dealkylation sites (tertiary alicyclic amines) is 1. The lowest BCUT2D eigenvalue weighted by Crippen LogP contribution is -2.48. The molecular weight excluding hydrogens is 248 g/mol. The smallest absolute Gasteiger partial charge is 0.150 e. The minimum absolute atomic E-state index is 0.622. The number of rotatable bonds is 2. The fourth-order valence-electron chi connectivity index (χ4n) is 3.80. The Morgan fingerprint density at radius 1 is 1.05 bits per heavy atom. The van der Waals surface area contributed by atoms with Crippen molar-refractivity contribution in [2.45, 2.75) is 45.6 Å². The summed E-state index contributed by atoms with van der Waals surface area (Å²) >= 11 is 0. The van der Waals surface area contributed by atoms with E-state index in [1.54, 1.807) is 0 Å². The van der Waals surface area contributed by atoms with Gasteiger partial charge in [0.15, 0.2) is 5.82 Å². The first-order valence-corrected chi connectivity index (χ1v) is 8.07. The molecule has 1 spiro atoms. The summed E-state index contributed by atoms with van der Waals surface area (Å²) in [6.45, 7) is 9.59. The topological polar surface area (TPSA) is 24.3 Å². The third-order valence-corrected chi connectivity index (χ3v) is 5.44. The van der Waals surface area contributed by atoms with Crippen molar-refractivity contribution in [1.29, 1.82) is 0 Å². The summed E-state index contributed by atoms with van der Waals surface area (Å²) in [6, 6.07) is 2.85. The zero-order valence-corrected chi connectivity index (χ0v) is 13.2. The van der Waals surface area contributed by atoms with E-state index in [1.807, 2.05) is 17.9 Å². The van der Waals surface area contributed by atoms with Crippen LogP contribution in [0.25, 0.3) is 0 Å². The Kier molecular flexibility index (Phi) is 3.76. The van der Waals surface area contributed by atoms with Crippen molar-refractivity contribution in [3.8, 4) is 0 Å². The minimum atomic E-state index is 0.622. The number of aryl methyl sites for hydroxylation is 1. The summed E-state index contributed by atoms with van der Waals surface area (Å²) in [5.41, 5.74) is 0.622. The standard InChI is InChI=1S/C16H28N4/c1-14(2)19-10-5-16(6-11-19)7-12-20(13-8-16)15-4-9-18(3)17-15/h4,9,14H,5-8,10-13H2,1-3H3. The van der Waals surface area contributed by atoms with E-state index in [0.717, 1.165) is 5.82 Å². The van der Waals surface area contributed by atoms with Crippen LogP contribution in [-0.2, 0) is 7.05 Å². The lowest BCUT2D eigenvalue weighted by Gasteiger charge is -2.47. The van der Waals surface area contributed by atoms with E-state index in [1.165, 1.54) is 51.9 Å². The molecule has 0 unspecified atom stereocenters. The maximum absolute atomic E-state index is 4.54. The molecule has 2 saturated heterocycles. The van der Waals surface area contributed by atoms with Crippen molar-refractivity contribution in [2.24, 2.45) is 12.5 Å². The first-order chi connectivity index (χ1) is 9.58. The van der Waals surface area contributed by atoms with Gasteiger partial charge in [0.2, 0.25) is 0 Å². The van der Waals surface area contributed by atoms with Crippen LogP contribution in [0.15, 0.2) is 12.3 Å². The van der Waals surface area contributed by atoms with E-state index in [9.17, 15) is 0 Å². The summed E-state index contributed by atoms with van der Waals surface area (Å²) in [4.78, 5) is 5.09. The molecule has 0 aromatic carbocycles. The van der Waals surface area contributed by atoms with Gasteiger partial charge in [-0.1, -0.05) is 0 Å². The average Bonchev–Trinajstić information content (AvgIpc) is 2.87. The number of hydrogen-bond acceptors (Lipinski definition) is 3. The average molecular weight is 276 g/mol. The molecule has 0 N–H and O–H groups in total. The zero-order valence-electron chi connectivity index (χ0n) is 13.2. The Labute approximate surface area is 122 Å². The second kappa shape index (κ2) is 5.40. The molecule has 2 aliphatic heterocycles. The van der Waals surface area contributed by atoms with Crippen LogP contribution < -0.4 is 4.90 Å². The molecule has 4 nitrogen and oxygen atoms in total. The number of hydrogen-bond donors (Lipinski definition) is 0. The molecule has 3 rings (SSSR count). The van der Waals surface area contributed by atoms with Crippen LogP contribution in [-0.4, -0.2) is 46.9 Å². The highest BCUT2D eigenvalue weighted by Gasteiger charge is 2.38. The summed E-state index contributed by atoms with van der Waals surface area (Å²) in [6.07, 6.45) is 7.51. The van der Waals surface area contributed by atoms with Crippen LogP contribution in [0, 0.1) is 5.41 Å². The zero-order chi connectivity index (χ0) is 14.2. The van der Waals surface area contributed by atoms with Gasteiger partial charge in [0.05, 0.1) is 0 Å². The summed E-state index contributed by atoms with van der Waals surface area (Å²) < 4.78 is 1.90. The number of anilines is 1. The fraction of sp³-hybridized carbons (Fsp3) is 0.812. The molecular formula is C16H28N4. The quantitative estimate of drug-likeness (QED) is 0.829. The van der Waals surface area contributed by atoms with Gasteiger partial charge in [-0.25, -0.2) is 0 Å². The maximum Gasteiger partial charge on any atom is 0.150 e. The molecule has 0 atom stereocenters. The van der Waals surface area contributed by atoms with Crippen LogP contribution in [0.5, 0.6) is 0 Å². The third kappa shape index (κ3) is 2.71. The Morgan fingerprint density at radius 2 is 1.65 bits per heavy atom. The highest BCUT2D eigenvalue weighted by atomic mass is 15.3. The summed E-state index contributed by atoms with van der Waals surface area (Å²) in [5, 5.41) is 4.54. The molecule has 2 aliphatic rings. The van der Waals surface area contributed by atoms with Gasteiger partial charge in [0.25, 0.3) is 0 Å². The van der Waals surface area contributed by atoms with Gasteiger partial charge >= 0.3 is 0 Å². The molecule has 4 heteroatoms. The van der Waals surface area contributed by atoms with Crippen molar-refractivity contribution >= 4 is 5.82 Å². The Morgan fingerprint density at radius 3 is 2.15 bits per heavy atom. The maximum atomic E-state index is 4.54. The molecule has 0 saturated carbocycles. The van der Waals surface area contributed by atoms with Gasteiger partial charge < -0.3 is 9.80 Å². The Balaban J connectivity index is 1.56. The van der Waals surface area contributed by atoms with Crippen molar-refractivity contribution < 1.29 is 0 Å². The highest BCUT2D eigenvalue weighted by Crippen LogP contribution is 2.42. The van der Waals surface area contributed by atoms with Gasteiger partial charge in [-0.2, -0.15) is 5.10 Å². The number of aromatic nitrogens is 2. The Hall–Kier alpha value is -1.03. The van der Waals surface area contributed by atoms with Crippen LogP contribution in [0.3, 0.4) is 0 Å². The summed E-state index contributed by atoms with van der Waals surface area (Å²) in [5.74, 6) is 1.15. The molecule has 2 fully saturated rings. The molecule has 1 aromatic heterocycles. The third-order valence-electron chi connectivity index (χ3n) is 5.44. The minimum Gasteiger partial charge on any atom is -0.355 e. The molecule has 1 aromatic rings. The number of nitrogens with zero attached hydrogens (tertiary/aromatic N) is 4. The second-order valence-electron chi connectivity index (χ2n) is 6.96. The normalized spacial score (nSPS) is 23.7. The van der Waals surface area contributed by atoms with Crippen molar-refractivity contribution in [3.63, 3.8) is 0 Å². The van der Waals surface area contributed by atoms with Crippen LogP contribution in [0.4, 0.5) is 5.82 Å². The van der Waals surface area contributed by atoms with Gasteiger partial charge in [-0.05, 0) is 58.0 Å². The van der Waals surface area contributed by atoms with E-state index in [2.05, 4.69) is 34.8 Å². The molecule has 0 radical (unpaired) electrons. The molecule has 0 aliphatic carbocycles. The fourth-order valence-corrected chi connectivity index (χ4v) is 3.80. The molecule has 20 heavy (non-hydrogen) atoms. The van der Waals surface area contributed by atoms with E-state index >= 15 is 0 Å². The molecule has 3 heterocycles. The first kappa shape index (κ1) is 13.9. The number of piperidine rings is 2. The van der Waals surface area contributed by atoms with E-state index < -0.39 is 0 Å². The van der Waals surface area contributed by atoms with Crippen molar-refractivity contribution in [3.05, 3.63) is 12.3 Å². The van der Waals surface area contributed by atoms with E-state index in [0.29, 0.717) is 11.5 Å². The first-order valence-electron chi connectivity index (χ1n) is 8.07. The predicted molar refractivity (Wildman–Crippen MR) is 83.0 cm³/mol. The highest BCUT2D eigenvalue weighted by molar-refractivity contribution is 5.37. The predicted octanol–water partition coefficient (Wildman–Crippen LogP) is 2.51. The molecule has 0 bridgehead atoms. The van der Waals surface area contributed by atoms with E-state index in [-0.39, 0.29) is 0 Å². The lowest BCUT2D eigenvalue weighted by atomic mass is 9.71. The monoisotopic (exact) mass is 276 g/mol. The second-order valence-corrected chi connectivity index (χ2v) is 6.96. The van der Waals surface area contributed by atoms with Gasteiger partial charge in [0, 0.05) is 38.4 Å². The van der Waals surface area contributed by atoms with Crippen LogP contribution in [0.2, 0.25) is 0 Å². The lowest BCUT2D eigenvalue weighted by molar-refractivity contribution is 0.0631. The summed E-state index contributed by atoms with van der Waals surface area (Å²) in [7, 11) is 2.00. The van der Waals surface area contributed by atoms with Gasteiger partial charge in [-0.15, -0.1) is 0 Å². The van der Waals surface area contributed by atoms with Crippen molar-refractivity contribution in [2.75, 3.05) is 31.1 Å². The van der Waals surface area contributed by atoms with Gasteiger partial charge in [0.1, 0.15) is 0 Å². The van der Waals surface area contributed by atoms with Gasteiger partial charge in [-0.3, -0.25) is 4.68 Å². The molecule has 0 amide bonds. The SMILES string of the molecule is CC(C)N1CCC2(CCN(c3ccn(C)n3)CC2)CC1. The van der Waals surface area contributed by atoms with Crippen LogP contribution in [0.1, 0.15) is 39.5 Å². The Bertz CT molecular complexity index is 433. The van der Waals surface area contributed by atoms with Crippen LogP contribution >= 0.6 is 0 Å². The van der Waals surface area contributed by atoms with Crippen molar-refractivity contribution in [1.82, 2.24) is 14.7 Å². The largest absolute Gasteiger partial charge is 0.355 e.